The first-order valence-electron chi connectivity index (χ1n) is 6.97. The van der Waals surface area contributed by atoms with E-state index in [9.17, 15) is 0 Å². The summed E-state index contributed by atoms with van der Waals surface area (Å²) in [5, 5.41) is 0. The Kier molecular flexibility index (Phi) is 5.82. The molecule has 0 aromatic carbocycles. The first-order valence-corrected chi connectivity index (χ1v) is 6.97. The quantitative estimate of drug-likeness (QED) is 0.810. The lowest BCUT2D eigenvalue weighted by molar-refractivity contribution is 0.133. The number of rotatable bonds is 7. The molecule has 1 aromatic heterocycles. The number of imidazole rings is 1. The van der Waals surface area contributed by atoms with Gasteiger partial charge in [-0.1, -0.05) is 13.8 Å². The van der Waals surface area contributed by atoms with E-state index >= 15 is 0 Å². The second kappa shape index (κ2) is 6.90. The van der Waals surface area contributed by atoms with E-state index in [1.807, 2.05) is 12.5 Å². The van der Waals surface area contributed by atoms with Crippen molar-refractivity contribution in [2.24, 2.45) is 11.7 Å². The van der Waals surface area contributed by atoms with Crippen molar-refractivity contribution >= 4 is 0 Å². The molecule has 0 fully saturated rings. The summed E-state index contributed by atoms with van der Waals surface area (Å²) in [5.74, 6) is 0.638. The van der Waals surface area contributed by atoms with Crippen LogP contribution < -0.4 is 5.73 Å². The van der Waals surface area contributed by atoms with E-state index < -0.39 is 0 Å². The average molecular weight is 252 g/mol. The fourth-order valence-corrected chi connectivity index (χ4v) is 2.42. The molecule has 104 valence electrons. The molecule has 0 saturated heterocycles. The van der Waals surface area contributed by atoms with Crippen molar-refractivity contribution in [3.8, 4) is 0 Å². The van der Waals surface area contributed by atoms with E-state index in [1.165, 1.54) is 5.69 Å². The molecule has 0 amide bonds. The van der Waals surface area contributed by atoms with Crippen LogP contribution in [0.15, 0.2) is 12.5 Å². The van der Waals surface area contributed by atoms with Crippen molar-refractivity contribution in [2.45, 2.75) is 53.2 Å². The second-order valence-electron chi connectivity index (χ2n) is 5.54. The molecule has 1 aromatic rings. The van der Waals surface area contributed by atoms with Gasteiger partial charge in [0.25, 0.3) is 0 Å². The summed E-state index contributed by atoms with van der Waals surface area (Å²) >= 11 is 0. The van der Waals surface area contributed by atoms with E-state index in [0.717, 1.165) is 13.1 Å². The summed E-state index contributed by atoms with van der Waals surface area (Å²) in [6.07, 6.45) is 3.85. The summed E-state index contributed by atoms with van der Waals surface area (Å²) in [4.78, 5) is 6.74. The Labute approximate surface area is 111 Å². The van der Waals surface area contributed by atoms with Crippen LogP contribution in [0, 0.1) is 5.92 Å². The lowest BCUT2D eigenvalue weighted by Crippen LogP contribution is -2.41. The van der Waals surface area contributed by atoms with Crippen molar-refractivity contribution in [2.75, 3.05) is 13.1 Å². The number of hydrogen-bond acceptors (Lipinski definition) is 3. The predicted molar refractivity (Wildman–Crippen MR) is 76.4 cm³/mol. The number of hydrogen-bond donors (Lipinski definition) is 1. The molecule has 1 heterocycles. The third-order valence-electron chi connectivity index (χ3n) is 3.29. The normalized spacial score (nSPS) is 13.8. The van der Waals surface area contributed by atoms with Gasteiger partial charge in [-0.15, -0.1) is 0 Å². The van der Waals surface area contributed by atoms with Crippen LogP contribution in [0.4, 0.5) is 0 Å². The molecule has 1 unspecified atom stereocenters. The van der Waals surface area contributed by atoms with E-state index in [-0.39, 0.29) is 6.04 Å². The standard InChI is InChI=1S/C14H28N4/c1-6-17-10-16-8-14(17)13(7-15)18(12(4)5)9-11(2)3/h8,10-13H,6-7,9,15H2,1-5H3. The molecule has 0 spiro atoms. The van der Waals surface area contributed by atoms with Crippen LogP contribution >= 0.6 is 0 Å². The Morgan fingerprint density at radius 2 is 2.00 bits per heavy atom. The fraction of sp³-hybridized carbons (Fsp3) is 0.786. The van der Waals surface area contributed by atoms with Gasteiger partial charge < -0.3 is 10.3 Å². The molecule has 0 aliphatic carbocycles. The van der Waals surface area contributed by atoms with Crippen LogP contribution in [0.25, 0.3) is 0 Å². The monoisotopic (exact) mass is 252 g/mol. The number of nitrogens with two attached hydrogens (primary N) is 1. The largest absolute Gasteiger partial charge is 0.333 e. The average Bonchev–Trinajstić information content (AvgIpc) is 2.76. The highest BCUT2D eigenvalue weighted by Gasteiger charge is 2.24. The first-order chi connectivity index (χ1) is 8.51. The Hall–Kier alpha value is -0.870. The minimum absolute atomic E-state index is 0.259. The lowest BCUT2D eigenvalue weighted by Gasteiger charge is -2.35. The zero-order valence-electron chi connectivity index (χ0n) is 12.4. The zero-order chi connectivity index (χ0) is 13.7. The maximum absolute atomic E-state index is 6.02. The van der Waals surface area contributed by atoms with Crippen LogP contribution in [0.1, 0.15) is 46.4 Å². The van der Waals surface area contributed by atoms with E-state index in [4.69, 9.17) is 5.73 Å². The van der Waals surface area contributed by atoms with Gasteiger partial charge in [0.2, 0.25) is 0 Å². The van der Waals surface area contributed by atoms with Crippen LogP contribution in [0.2, 0.25) is 0 Å². The minimum atomic E-state index is 0.259. The third-order valence-corrected chi connectivity index (χ3v) is 3.29. The number of aromatic nitrogens is 2. The van der Waals surface area contributed by atoms with Crippen LogP contribution in [0.5, 0.6) is 0 Å². The van der Waals surface area contributed by atoms with Crippen molar-refractivity contribution < 1.29 is 0 Å². The highest BCUT2D eigenvalue weighted by Crippen LogP contribution is 2.23. The maximum Gasteiger partial charge on any atom is 0.0948 e. The van der Waals surface area contributed by atoms with Gasteiger partial charge in [-0.3, -0.25) is 4.90 Å². The molecule has 0 aliphatic heterocycles. The SMILES string of the molecule is CCn1cncc1C(CN)N(CC(C)C)C(C)C. The molecule has 0 aliphatic rings. The van der Waals surface area contributed by atoms with E-state index in [2.05, 4.69) is 49.1 Å². The van der Waals surface area contributed by atoms with E-state index in [0.29, 0.717) is 18.5 Å². The van der Waals surface area contributed by atoms with Crippen molar-refractivity contribution in [1.29, 1.82) is 0 Å². The highest BCUT2D eigenvalue weighted by molar-refractivity contribution is 5.07. The molecule has 1 atom stereocenters. The summed E-state index contributed by atoms with van der Waals surface area (Å²) in [6.45, 7) is 13.8. The van der Waals surface area contributed by atoms with E-state index in [1.54, 1.807) is 0 Å². The zero-order valence-corrected chi connectivity index (χ0v) is 12.4. The van der Waals surface area contributed by atoms with Crippen LogP contribution in [0.3, 0.4) is 0 Å². The fourth-order valence-electron chi connectivity index (χ4n) is 2.42. The van der Waals surface area contributed by atoms with Crippen molar-refractivity contribution in [3.05, 3.63) is 18.2 Å². The first kappa shape index (κ1) is 15.2. The molecule has 2 N–H and O–H groups in total. The molecule has 18 heavy (non-hydrogen) atoms. The molecular weight excluding hydrogens is 224 g/mol. The Bertz CT molecular complexity index is 343. The van der Waals surface area contributed by atoms with Gasteiger partial charge in [-0.2, -0.15) is 0 Å². The number of nitrogens with zero attached hydrogens (tertiary/aromatic N) is 3. The summed E-state index contributed by atoms with van der Waals surface area (Å²) in [5.41, 5.74) is 7.25. The molecule has 0 saturated carbocycles. The van der Waals surface area contributed by atoms with Gasteiger partial charge in [0.05, 0.1) is 18.1 Å². The number of aryl methyl sites for hydroxylation is 1. The molecule has 0 radical (unpaired) electrons. The molecule has 4 heteroatoms. The van der Waals surface area contributed by atoms with Crippen molar-refractivity contribution in [3.63, 3.8) is 0 Å². The Balaban J connectivity index is 2.98. The van der Waals surface area contributed by atoms with Gasteiger partial charge in [0.1, 0.15) is 0 Å². The highest BCUT2D eigenvalue weighted by atomic mass is 15.2. The molecule has 0 bridgehead atoms. The smallest absolute Gasteiger partial charge is 0.0948 e. The Morgan fingerprint density at radius 3 is 2.44 bits per heavy atom. The van der Waals surface area contributed by atoms with Gasteiger partial charge >= 0.3 is 0 Å². The van der Waals surface area contributed by atoms with Gasteiger partial charge in [0.15, 0.2) is 0 Å². The maximum atomic E-state index is 6.02. The Morgan fingerprint density at radius 1 is 1.33 bits per heavy atom. The third kappa shape index (κ3) is 3.56. The van der Waals surface area contributed by atoms with Crippen LogP contribution in [-0.2, 0) is 6.54 Å². The molecule has 4 nitrogen and oxygen atoms in total. The van der Waals surface area contributed by atoms with Crippen LogP contribution in [-0.4, -0.2) is 33.6 Å². The summed E-state index contributed by atoms with van der Waals surface area (Å²) in [7, 11) is 0. The molecule has 1 rings (SSSR count). The van der Waals surface area contributed by atoms with Gasteiger partial charge in [-0.25, -0.2) is 4.98 Å². The van der Waals surface area contributed by atoms with Gasteiger partial charge in [0, 0.05) is 31.9 Å². The summed E-state index contributed by atoms with van der Waals surface area (Å²) in [6, 6.07) is 0.746. The lowest BCUT2D eigenvalue weighted by atomic mass is 10.1. The van der Waals surface area contributed by atoms with Gasteiger partial charge in [-0.05, 0) is 26.7 Å². The second-order valence-corrected chi connectivity index (χ2v) is 5.54. The predicted octanol–water partition coefficient (Wildman–Crippen LogP) is 2.27. The minimum Gasteiger partial charge on any atom is -0.333 e. The molecular formula is C14H28N4. The summed E-state index contributed by atoms with van der Waals surface area (Å²) < 4.78 is 2.19. The topological polar surface area (TPSA) is 47.1 Å². The van der Waals surface area contributed by atoms with Crippen molar-refractivity contribution in [1.82, 2.24) is 14.5 Å².